The Morgan fingerprint density at radius 3 is 2.43 bits per heavy atom. The van der Waals surface area contributed by atoms with Gasteiger partial charge in [0.05, 0.1) is 18.3 Å². The van der Waals surface area contributed by atoms with Gasteiger partial charge in [-0.25, -0.2) is 0 Å². The average Bonchev–Trinajstić information content (AvgIpc) is 3.13. The van der Waals surface area contributed by atoms with Crippen LogP contribution in [0, 0.1) is 52.3 Å². The molecule has 200 valence electrons. The van der Waals surface area contributed by atoms with E-state index in [4.69, 9.17) is 5.11 Å². The van der Waals surface area contributed by atoms with Crippen LogP contribution < -0.4 is 5.32 Å². The highest BCUT2D eigenvalue weighted by atomic mass is 16.4. The van der Waals surface area contributed by atoms with E-state index in [2.05, 4.69) is 33.0 Å². The molecule has 4 saturated carbocycles. The topological polar surface area (TPSA) is 127 Å². The van der Waals surface area contributed by atoms with Crippen LogP contribution in [0.2, 0.25) is 0 Å². The van der Waals surface area contributed by atoms with E-state index in [1.807, 2.05) is 0 Å². The van der Waals surface area contributed by atoms with Crippen molar-refractivity contribution >= 4 is 11.9 Å². The Bertz CT molecular complexity index is 804. The molecule has 12 atom stereocenters. The van der Waals surface area contributed by atoms with E-state index in [1.54, 1.807) is 0 Å². The van der Waals surface area contributed by atoms with Crippen molar-refractivity contribution in [1.82, 2.24) is 5.32 Å². The molecule has 0 aromatic carbocycles. The number of carbonyl (C=O) groups is 2. The second-order valence-electron chi connectivity index (χ2n) is 13.0. The van der Waals surface area contributed by atoms with Crippen LogP contribution in [0.3, 0.4) is 0 Å². The molecule has 5 N–H and O–H groups in total. The van der Waals surface area contributed by atoms with Gasteiger partial charge in [-0.1, -0.05) is 34.1 Å². The van der Waals surface area contributed by atoms with Gasteiger partial charge in [0.25, 0.3) is 0 Å². The van der Waals surface area contributed by atoms with Gasteiger partial charge >= 0.3 is 5.97 Å². The Kier molecular flexibility index (Phi) is 7.63. The van der Waals surface area contributed by atoms with E-state index >= 15 is 0 Å². The summed E-state index contributed by atoms with van der Waals surface area (Å²) < 4.78 is 0. The molecule has 0 heterocycles. The molecule has 0 aliphatic heterocycles. The van der Waals surface area contributed by atoms with Crippen molar-refractivity contribution in [2.24, 2.45) is 52.3 Å². The Hall–Kier alpha value is -1.18. The molecule has 4 rings (SSSR count). The third-order valence-corrected chi connectivity index (χ3v) is 11.3. The van der Waals surface area contributed by atoms with Crippen LogP contribution in [0.25, 0.3) is 0 Å². The molecule has 4 aliphatic rings. The maximum Gasteiger partial charge on any atom is 0.322 e. The van der Waals surface area contributed by atoms with Gasteiger partial charge in [-0.3, -0.25) is 9.59 Å². The Balaban J connectivity index is 1.54. The number of aliphatic hydroxyl groups excluding tert-OH is 3. The van der Waals surface area contributed by atoms with Crippen LogP contribution in [-0.2, 0) is 9.59 Å². The number of amides is 1. The molecule has 0 unspecified atom stereocenters. The molecule has 0 aromatic heterocycles. The minimum atomic E-state index is -1.04. The summed E-state index contributed by atoms with van der Waals surface area (Å²) >= 11 is 0. The first-order valence-electron chi connectivity index (χ1n) is 14.0. The third-order valence-electron chi connectivity index (χ3n) is 11.3. The number of carbonyl (C=O) groups excluding carboxylic acids is 1. The van der Waals surface area contributed by atoms with Crippen molar-refractivity contribution in [3.63, 3.8) is 0 Å². The lowest BCUT2D eigenvalue weighted by atomic mass is 9.40. The van der Waals surface area contributed by atoms with Crippen LogP contribution in [0.1, 0.15) is 85.5 Å². The zero-order chi connectivity index (χ0) is 25.7. The van der Waals surface area contributed by atoms with E-state index in [0.29, 0.717) is 24.7 Å². The first-order valence-corrected chi connectivity index (χ1v) is 14.0. The molecule has 7 nitrogen and oxygen atoms in total. The van der Waals surface area contributed by atoms with Crippen molar-refractivity contribution in [1.29, 1.82) is 0 Å². The highest BCUT2D eigenvalue weighted by Crippen LogP contribution is 2.69. The van der Waals surface area contributed by atoms with Crippen LogP contribution >= 0.6 is 0 Å². The standard InChI is InChI=1S/C28H47NO6/c1-5-17-20-12-16(30)10-11-27(20,3)25-21(31)13-28(4)18(7-8-19(28)24(25)26(17)35)15(2)6-9-22(32)29-14-23(33)34/h15-21,24-26,30-31,35H,5-14H2,1-4H3,(H,29,32)(H,33,34)/t15-,16-,17-,18-,19+,20+,21+,24+,25+,26-,27+,28-/m1/s1. The Morgan fingerprint density at radius 1 is 1.06 bits per heavy atom. The first-order chi connectivity index (χ1) is 16.4. The number of hydrogen-bond acceptors (Lipinski definition) is 5. The van der Waals surface area contributed by atoms with Crippen LogP contribution in [0.5, 0.6) is 0 Å². The highest BCUT2D eigenvalue weighted by molar-refractivity contribution is 5.81. The van der Waals surface area contributed by atoms with E-state index < -0.39 is 18.2 Å². The predicted octanol–water partition coefficient (Wildman–Crippen LogP) is 3.20. The van der Waals surface area contributed by atoms with Gasteiger partial charge in [-0.05, 0) is 97.2 Å². The number of rotatable bonds is 7. The molecule has 1 amide bonds. The number of carboxylic acid groups (broad SMARTS) is 1. The summed E-state index contributed by atoms with van der Waals surface area (Å²) in [6, 6.07) is 0. The van der Waals surface area contributed by atoms with Crippen LogP contribution in [-0.4, -0.2) is 57.2 Å². The van der Waals surface area contributed by atoms with E-state index in [1.165, 1.54) is 0 Å². The number of carboxylic acids is 1. The van der Waals surface area contributed by atoms with E-state index in [0.717, 1.165) is 44.9 Å². The zero-order valence-corrected chi connectivity index (χ0v) is 21.9. The molecule has 35 heavy (non-hydrogen) atoms. The van der Waals surface area contributed by atoms with Crippen LogP contribution in [0.15, 0.2) is 0 Å². The molecular formula is C28H47NO6. The lowest BCUT2D eigenvalue weighted by Crippen LogP contribution is -2.65. The fourth-order valence-electron chi connectivity index (χ4n) is 9.87. The lowest BCUT2D eigenvalue weighted by Gasteiger charge is -2.66. The number of aliphatic hydroxyl groups is 3. The molecule has 4 aliphatic carbocycles. The first kappa shape index (κ1) is 26.9. The van der Waals surface area contributed by atoms with Crippen molar-refractivity contribution in [2.45, 2.75) is 104 Å². The molecule has 4 fully saturated rings. The summed E-state index contributed by atoms with van der Waals surface area (Å²) in [7, 11) is 0. The number of hydrogen-bond donors (Lipinski definition) is 5. The fraction of sp³-hybridized carbons (Fsp3) is 0.929. The summed E-state index contributed by atoms with van der Waals surface area (Å²) in [6.45, 7) is 8.63. The SMILES string of the molecule is CC[C@H]1[C@@H](O)[C@@H]2[C@H]([C@@H](O)C[C@]3(C)[C@@H]([C@H](C)CCC(=O)NCC(=O)O)CC[C@@H]23)[C@@]2(C)CC[C@@H](O)C[C@@H]12. The van der Waals surface area contributed by atoms with Crippen molar-refractivity contribution < 1.29 is 30.0 Å². The molecule has 0 radical (unpaired) electrons. The molecule has 0 aromatic rings. The van der Waals surface area contributed by atoms with Crippen LogP contribution in [0.4, 0.5) is 0 Å². The van der Waals surface area contributed by atoms with Gasteiger partial charge in [0, 0.05) is 6.42 Å². The summed E-state index contributed by atoms with van der Waals surface area (Å²) in [4.78, 5) is 22.8. The largest absolute Gasteiger partial charge is 0.480 e. The average molecular weight is 494 g/mol. The van der Waals surface area contributed by atoms with Crippen molar-refractivity contribution in [3.05, 3.63) is 0 Å². The van der Waals surface area contributed by atoms with Gasteiger partial charge in [-0.2, -0.15) is 0 Å². The maximum atomic E-state index is 12.1. The monoisotopic (exact) mass is 493 g/mol. The zero-order valence-electron chi connectivity index (χ0n) is 21.9. The van der Waals surface area contributed by atoms with Gasteiger partial charge in [0.2, 0.25) is 5.91 Å². The van der Waals surface area contributed by atoms with Gasteiger partial charge < -0.3 is 25.7 Å². The normalized spacial score (nSPS) is 47.8. The van der Waals surface area contributed by atoms with Gasteiger partial charge in [-0.15, -0.1) is 0 Å². The summed E-state index contributed by atoms with van der Waals surface area (Å²) in [5.74, 6) is 0.247. The van der Waals surface area contributed by atoms with E-state index in [9.17, 15) is 24.9 Å². The van der Waals surface area contributed by atoms with Gasteiger partial charge in [0.15, 0.2) is 0 Å². The molecule has 0 spiro atoms. The minimum absolute atomic E-state index is 0.0590. The quantitative estimate of drug-likeness (QED) is 0.371. The van der Waals surface area contributed by atoms with Gasteiger partial charge in [0.1, 0.15) is 6.54 Å². The molecular weight excluding hydrogens is 446 g/mol. The van der Waals surface area contributed by atoms with Crippen molar-refractivity contribution in [2.75, 3.05) is 6.54 Å². The second-order valence-corrected chi connectivity index (χ2v) is 13.0. The Morgan fingerprint density at radius 2 is 1.77 bits per heavy atom. The predicted molar refractivity (Wildman–Crippen MR) is 132 cm³/mol. The minimum Gasteiger partial charge on any atom is -0.480 e. The number of fused-ring (bicyclic) bond motifs is 5. The lowest BCUT2D eigenvalue weighted by molar-refractivity contribution is -0.235. The maximum absolute atomic E-state index is 12.1. The molecule has 0 bridgehead atoms. The van der Waals surface area contributed by atoms with E-state index in [-0.39, 0.29) is 59.0 Å². The second kappa shape index (κ2) is 9.94. The smallest absolute Gasteiger partial charge is 0.322 e. The summed E-state index contributed by atoms with van der Waals surface area (Å²) in [5, 5.41) is 45.2. The molecule has 7 heteroatoms. The summed E-state index contributed by atoms with van der Waals surface area (Å²) in [6.07, 6.45) is 5.90. The highest BCUT2D eigenvalue weighted by Gasteiger charge is 2.67. The summed E-state index contributed by atoms with van der Waals surface area (Å²) in [5.41, 5.74) is -0.148. The Labute approximate surface area is 210 Å². The fourth-order valence-corrected chi connectivity index (χ4v) is 9.87. The number of aliphatic carboxylic acids is 1. The number of nitrogens with one attached hydrogen (secondary N) is 1. The van der Waals surface area contributed by atoms with Crippen molar-refractivity contribution in [3.8, 4) is 0 Å². The third kappa shape index (κ3) is 4.54. The molecule has 0 saturated heterocycles.